The Morgan fingerprint density at radius 3 is 2.59 bits per heavy atom. The maximum absolute atomic E-state index is 12.6. The number of likely N-dealkylation sites (tertiary alicyclic amines) is 1. The number of carbonyl (C=O) groups is 1. The summed E-state index contributed by atoms with van der Waals surface area (Å²) in [5.41, 5.74) is 0.265. The van der Waals surface area contributed by atoms with Crippen LogP contribution < -0.4 is 5.32 Å². The van der Waals surface area contributed by atoms with Crippen molar-refractivity contribution >= 4 is 5.91 Å². The van der Waals surface area contributed by atoms with E-state index in [1.54, 1.807) is 0 Å². The Hall–Kier alpha value is -0.570. The molecule has 3 aliphatic rings. The molecule has 0 aromatic carbocycles. The van der Waals surface area contributed by atoms with E-state index in [1.807, 2.05) is 7.05 Å². The molecule has 3 rings (SSSR count). The lowest BCUT2D eigenvalue weighted by molar-refractivity contribution is -0.139. The molecule has 17 heavy (non-hydrogen) atoms. The SMILES string of the molecule is CNC1CCCCN(C23CCC(CC2)C3)C1=O. The summed E-state index contributed by atoms with van der Waals surface area (Å²) in [6, 6.07) is 0.0755. The van der Waals surface area contributed by atoms with Crippen LogP contribution in [0.5, 0.6) is 0 Å². The highest BCUT2D eigenvalue weighted by atomic mass is 16.2. The van der Waals surface area contributed by atoms with E-state index in [1.165, 1.54) is 44.9 Å². The highest BCUT2D eigenvalue weighted by Gasteiger charge is 2.51. The van der Waals surface area contributed by atoms with Gasteiger partial charge >= 0.3 is 0 Å². The molecule has 0 spiro atoms. The van der Waals surface area contributed by atoms with Crippen LogP contribution in [-0.4, -0.2) is 36.0 Å². The second kappa shape index (κ2) is 4.27. The first-order valence-electron chi connectivity index (χ1n) is 7.24. The molecule has 3 nitrogen and oxygen atoms in total. The molecule has 1 saturated heterocycles. The van der Waals surface area contributed by atoms with E-state index >= 15 is 0 Å². The average molecular weight is 236 g/mol. The van der Waals surface area contributed by atoms with E-state index < -0.39 is 0 Å². The standard InChI is InChI=1S/C14H24N2O/c1-15-12-4-2-3-9-16(13(12)17)14-7-5-11(10-14)6-8-14/h11-12,15H,2-10H2,1H3. The summed E-state index contributed by atoms with van der Waals surface area (Å²) < 4.78 is 0. The summed E-state index contributed by atoms with van der Waals surface area (Å²) in [6.45, 7) is 1.00. The molecule has 0 aromatic rings. The molecule has 2 bridgehead atoms. The number of amides is 1. The van der Waals surface area contributed by atoms with Crippen molar-refractivity contribution in [1.29, 1.82) is 0 Å². The van der Waals surface area contributed by atoms with Gasteiger partial charge in [-0.2, -0.15) is 0 Å². The van der Waals surface area contributed by atoms with Crippen LogP contribution in [-0.2, 0) is 4.79 Å². The van der Waals surface area contributed by atoms with E-state index in [9.17, 15) is 4.79 Å². The van der Waals surface area contributed by atoms with Gasteiger partial charge in [0.05, 0.1) is 6.04 Å². The predicted molar refractivity (Wildman–Crippen MR) is 67.7 cm³/mol. The third-order valence-corrected chi connectivity index (χ3v) is 5.31. The first kappa shape index (κ1) is 11.5. The molecule has 1 heterocycles. The molecule has 1 aliphatic heterocycles. The van der Waals surface area contributed by atoms with E-state index in [4.69, 9.17) is 0 Å². The third-order valence-electron chi connectivity index (χ3n) is 5.31. The number of fused-ring (bicyclic) bond motifs is 2. The summed E-state index contributed by atoms with van der Waals surface area (Å²) >= 11 is 0. The van der Waals surface area contributed by atoms with Crippen molar-refractivity contribution in [1.82, 2.24) is 10.2 Å². The van der Waals surface area contributed by atoms with Crippen molar-refractivity contribution in [3.63, 3.8) is 0 Å². The first-order chi connectivity index (χ1) is 8.25. The number of hydrogen-bond acceptors (Lipinski definition) is 2. The summed E-state index contributed by atoms with van der Waals surface area (Å²) in [4.78, 5) is 14.9. The fourth-order valence-corrected chi connectivity index (χ4v) is 4.32. The summed E-state index contributed by atoms with van der Waals surface area (Å²) in [5.74, 6) is 1.30. The minimum Gasteiger partial charge on any atom is -0.336 e. The maximum atomic E-state index is 12.6. The van der Waals surface area contributed by atoms with Crippen molar-refractivity contribution in [3.05, 3.63) is 0 Å². The third kappa shape index (κ3) is 1.79. The van der Waals surface area contributed by atoms with Crippen LogP contribution >= 0.6 is 0 Å². The normalized spacial score (nSPS) is 41.9. The molecule has 1 atom stereocenters. The van der Waals surface area contributed by atoms with Gasteiger partial charge in [0, 0.05) is 12.1 Å². The van der Waals surface area contributed by atoms with E-state index in [2.05, 4.69) is 10.2 Å². The lowest BCUT2D eigenvalue weighted by Gasteiger charge is -2.41. The van der Waals surface area contributed by atoms with Gasteiger partial charge in [0.1, 0.15) is 0 Å². The largest absolute Gasteiger partial charge is 0.336 e. The molecule has 1 amide bonds. The van der Waals surface area contributed by atoms with Gasteiger partial charge in [0.25, 0.3) is 0 Å². The van der Waals surface area contributed by atoms with Crippen LogP contribution in [0.25, 0.3) is 0 Å². The molecule has 1 unspecified atom stereocenters. The Balaban J connectivity index is 1.82. The Morgan fingerprint density at radius 1 is 1.24 bits per heavy atom. The predicted octanol–water partition coefficient (Wildman–Crippen LogP) is 1.92. The van der Waals surface area contributed by atoms with Gasteiger partial charge in [0.2, 0.25) is 5.91 Å². The Labute approximate surface area is 104 Å². The second-order valence-electron chi connectivity index (χ2n) is 6.20. The highest BCUT2D eigenvalue weighted by molar-refractivity contribution is 5.83. The number of rotatable bonds is 2. The minimum absolute atomic E-state index is 0.0755. The fraction of sp³-hybridized carbons (Fsp3) is 0.929. The molecular formula is C14H24N2O. The van der Waals surface area contributed by atoms with Crippen LogP contribution in [0.3, 0.4) is 0 Å². The fourth-order valence-electron chi connectivity index (χ4n) is 4.32. The number of carbonyl (C=O) groups excluding carboxylic acids is 1. The van der Waals surface area contributed by atoms with E-state index in [0.29, 0.717) is 5.91 Å². The maximum Gasteiger partial charge on any atom is 0.240 e. The van der Waals surface area contributed by atoms with E-state index in [-0.39, 0.29) is 11.6 Å². The first-order valence-corrected chi connectivity index (χ1v) is 7.24. The van der Waals surface area contributed by atoms with Crippen molar-refractivity contribution in [2.45, 2.75) is 62.9 Å². The number of nitrogens with zero attached hydrogens (tertiary/aromatic N) is 1. The molecule has 3 heteroatoms. The quantitative estimate of drug-likeness (QED) is 0.794. The molecule has 0 radical (unpaired) electrons. The summed E-state index contributed by atoms with van der Waals surface area (Å²) in [7, 11) is 1.93. The zero-order valence-corrected chi connectivity index (χ0v) is 10.9. The van der Waals surface area contributed by atoms with Crippen LogP contribution in [0, 0.1) is 5.92 Å². The van der Waals surface area contributed by atoms with Crippen molar-refractivity contribution < 1.29 is 4.79 Å². The monoisotopic (exact) mass is 236 g/mol. The van der Waals surface area contributed by atoms with Gasteiger partial charge < -0.3 is 10.2 Å². The molecular weight excluding hydrogens is 212 g/mol. The average Bonchev–Trinajstić information content (AvgIpc) is 2.89. The lowest BCUT2D eigenvalue weighted by Crippen LogP contribution is -2.54. The minimum atomic E-state index is 0.0755. The van der Waals surface area contributed by atoms with Gasteiger partial charge in [-0.25, -0.2) is 0 Å². The van der Waals surface area contributed by atoms with E-state index in [0.717, 1.165) is 18.9 Å². The van der Waals surface area contributed by atoms with Gasteiger partial charge in [-0.15, -0.1) is 0 Å². The lowest BCUT2D eigenvalue weighted by atomic mass is 9.91. The second-order valence-corrected chi connectivity index (χ2v) is 6.20. The van der Waals surface area contributed by atoms with Crippen LogP contribution in [0.15, 0.2) is 0 Å². The Kier molecular flexibility index (Phi) is 2.89. The van der Waals surface area contributed by atoms with Crippen LogP contribution in [0.4, 0.5) is 0 Å². The number of hydrogen-bond donors (Lipinski definition) is 1. The van der Waals surface area contributed by atoms with Gasteiger partial charge in [-0.1, -0.05) is 0 Å². The Morgan fingerprint density at radius 2 is 2.00 bits per heavy atom. The van der Waals surface area contributed by atoms with Crippen molar-refractivity contribution in [3.8, 4) is 0 Å². The molecule has 2 saturated carbocycles. The Bertz CT molecular complexity index is 307. The molecule has 2 aliphatic carbocycles. The van der Waals surface area contributed by atoms with Crippen LogP contribution in [0.1, 0.15) is 51.4 Å². The van der Waals surface area contributed by atoms with Gasteiger partial charge in [-0.3, -0.25) is 4.79 Å². The topological polar surface area (TPSA) is 32.3 Å². The van der Waals surface area contributed by atoms with Gasteiger partial charge in [-0.05, 0) is 64.3 Å². The molecule has 3 fully saturated rings. The van der Waals surface area contributed by atoms with Crippen molar-refractivity contribution in [2.75, 3.05) is 13.6 Å². The molecule has 0 aromatic heterocycles. The zero-order chi connectivity index (χ0) is 11.9. The molecule has 96 valence electrons. The van der Waals surface area contributed by atoms with Crippen molar-refractivity contribution in [2.24, 2.45) is 5.92 Å². The highest BCUT2D eigenvalue weighted by Crippen LogP contribution is 2.51. The smallest absolute Gasteiger partial charge is 0.240 e. The summed E-state index contributed by atoms with van der Waals surface area (Å²) in [5, 5.41) is 3.21. The van der Waals surface area contributed by atoms with Crippen LogP contribution in [0.2, 0.25) is 0 Å². The summed E-state index contributed by atoms with van der Waals surface area (Å²) in [6.07, 6.45) is 9.92. The van der Waals surface area contributed by atoms with Gasteiger partial charge in [0.15, 0.2) is 0 Å². The number of nitrogens with one attached hydrogen (secondary N) is 1. The molecule has 1 N–H and O–H groups in total. The number of likely N-dealkylation sites (N-methyl/N-ethyl adjacent to an activating group) is 1. The zero-order valence-electron chi connectivity index (χ0n) is 10.9.